The Kier molecular flexibility index (Phi) is 3.61. The van der Waals surface area contributed by atoms with Crippen LogP contribution in [-0.2, 0) is 11.2 Å². The third kappa shape index (κ3) is 2.38. The molecule has 2 aromatic rings. The molecule has 0 aliphatic carbocycles. The Balaban J connectivity index is 2.01. The molecule has 1 aliphatic rings. The molecule has 20 heavy (non-hydrogen) atoms. The second kappa shape index (κ2) is 5.40. The summed E-state index contributed by atoms with van der Waals surface area (Å²) < 4.78 is 7.47. The molecule has 1 N–H and O–H groups in total. The third-order valence-corrected chi connectivity index (χ3v) is 3.98. The third-order valence-electron chi connectivity index (χ3n) is 3.98. The molecule has 2 aromatic heterocycles. The van der Waals surface area contributed by atoms with Crippen molar-refractivity contribution in [2.24, 2.45) is 0 Å². The lowest BCUT2D eigenvalue weighted by Crippen LogP contribution is -2.31. The number of hydrogen-bond acceptors (Lipinski definition) is 4. The van der Waals surface area contributed by atoms with Crippen molar-refractivity contribution in [2.75, 3.05) is 18.5 Å². The molecule has 1 aliphatic heterocycles. The van der Waals surface area contributed by atoms with Crippen LogP contribution in [0.5, 0.6) is 0 Å². The summed E-state index contributed by atoms with van der Waals surface area (Å²) in [6, 6.07) is 2.47. The van der Waals surface area contributed by atoms with E-state index in [9.17, 15) is 0 Å². The van der Waals surface area contributed by atoms with Crippen molar-refractivity contribution in [1.82, 2.24) is 14.6 Å². The molecule has 0 spiro atoms. The van der Waals surface area contributed by atoms with Crippen LogP contribution in [0.1, 0.15) is 36.7 Å². The van der Waals surface area contributed by atoms with Gasteiger partial charge < -0.3 is 10.1 Å². The Bertz CT molecular complexity index is 614. The van der Waals surface area contributed by atoms with E-state index in [1.807, 2.05) is 11.4 Å². The van der Waals surface area contributed by atoms with Gasteiger partial charge in [-0.1, -0.05) is 6.92 Å². The highest BCUT2D eigenvalue weighted by atomic mass is 16.5. The fourth-order valence-corrected chi connectivity index (χ4v) is 2.63. The Morgan fingerprint density at radius 3 is 3.00 bits per heavy atom. The normalized spacial score (nSPS) is 19.4. The second-order valence-corrected chi connectivity index (χ2v) is 5.49. The fourth-order valence-electron chi connectivity index (χ4n) is 2.63. The first-order chi connectivity index (χ1) is 9.69. The maximum atomic E-state index is 5.54. The molecule has 0 unspecified atom stereocenters. The van der Waals surface area contributed by atoms with Gasteiger partial charge >= 0.3 is 0 Å². The molecule has 0 aromatic carbocycles. The Hall–Kier alpha value is -1.62. The number of fused-ring (bicyclic) bond motifs is 1. The van der Waals surface area contributed by atoms with Gasteiger partial charge in [0, 0.05) is 23.9 Å². The molecule has 3 heterocycles. The Morgan fingerprint density at radius 1 is 1.45 bits per heavy atom. The Labute approximate surface area is 119 Å². The monoisotopic (exact) mass is 274 g/mol. The molecule has 5 nitrogen and oxygen atoms in total. The minimum absolute atomic E-state index is 0.365. The number of ether oxygens (including phenoxy) is 1. The van der Waals surface area contributed by atoms with Crippen molar-refractivity contribution in [3.8, 4) is 0 Å². The molecule has 0 amide bonds. The predicted octanol–water partition coefficient (Wildman–Crippen LogP) is 2.50. The van der Waals surface area contributed by atoms with Crippen LogP contribution in [0.25, 0.3) is 5.65 Å². The molecule has 0 bridgehead atoms. The SMILES string of the molecule is CCc1cc(N[C@@H]2CCCOC2)n2nc(C)c(C)c2n1. The number of aryl methyl sites for hydroxylation is 3. The maximum absolute atomic E-state index is 5.54. The first-order valence-electron chi connectivity index (χ1n) is 7.39. The lowest BCUT2D eigenvalue weighted by molar-refractivity contribution is 0.0874. The van der Waals surface area contributed by atoms with E-state index in [2.05, 4.69) is 30.3 Å². The van der Waals surface area contributed by atoms with Crippen molar-refractivity contribution in [2.45, 2.75) is 46.1 Å². The average Bonchev–Trinajstić information content (AvgIpc) is 2.76. The summed E-state index contributed by atoms with van der Waals surface area (Å²) in [4.78, 5) is 4.70. The van der Waals surface area contributed by atoms with Crippen LogP contribution in [0.3, 0.4) is 0 Å². The lowest BCUT2D eigenvalue weighted by Gasteiger charge is -2.24. The highest BCUT2D eigenvalue weighted by molar-refractivity contribution is 5.56. The van der Waals surface area contributed by atoms with E-state index in [-0.39, 0.29) is 0 Å². The summed E-state index contributed by atoms with van der Waals surface area (Å²) in [7, 11) is 0. The van der Waals surface area contributed by atoms with Gasteiger partial charge in [-0.25, -0.2) is 4.98 Å². The minimum atomic E-state index is 0.365. The van der Waals surface area contributed by atoms with E-state index in [1.54, 1.807) is 0 Å². The highest BCUT2D eigenvalue weighted by Crippen LogP contribution is 2.20. The zero-order valence-electron chi connectivity index (χ0n) is 12.4. The van der Waals surface area contributed by atoms with E-state index in [0.717, 1.165) is 60.9 Å². The number of anilines is 1. The molecular formula is C15H22N4O. The molecule has 0 radical (unpaired) electrons. The van der Waals surface area contributed by atoms with Gasteiger partial charge in [0.1, 0.15) is 5.82 Å². The molecular weight excluding hydrogens is 252 g/mol. The van der Waals surface area contributed by atoms with E-state index in [1.165, 1.54) is 0 Å². The minimum Gasteiger partial charge on any atom is -0.379 e. The summed E-state index contributed by atoms with van der Waals surface area (Å²) in [6.45, 7) is 7.89. The fraction of sp³-hybridized carbons (Fsp3) is 0.600. The summed E-state index contributed by atoms with van der Waals surface area (Å²) >= 11 is 0. The first kappa shape index (κ1) is 13.4. The number of nitrogens with one attached hydrogen (secondary N) is 1. The number of rotatable bonds is 3. The average molecular weight is 274 g/mol. The number of aromatic nitrogens is 3. The van der Waals surface area contributed by atoms with Crippen molar-refractivity contribution in [3.05, 3.63) is 23.0 Å². The summed E-state index contributed by atoms with van der Waals surface area (Å²) in [6.07, 6.45) is 3.18. The van der Waals surface area contributed by atoms with Gasteiger partial charge in [-0.2, -0.15) is 9.61 Å². The zero-order chi connectivity index (χ0) is 14.1. The van der Waals surface area contributed by atoms with Crippen molar-refractivity contribution in [3.63, 3.8) is 0 Å². The van der Waals surface area contributed by atoms with Gasteiger partial charge in [0.2, 0.25) is 0 Å². The largest absolute Gasteiger partial charge is 0.379 e. The molecule has 5 heteroatoms. The topological polar surface area (TPSA) is 51.5 Å². The van der Waals surface area contributed by atoms with Gasteiger partial charge in [0.25, 0.3) is 0 Å². The molecule has 1 fully saturated rings. The van der Waals surface area contributed by atoms with Crippen LogP contribution < -0.4 is 5.32 Å². The number of hydrogen-bond donors (Lipinski definition) is 1. The van der Waals surface area contributed by atoms with Crippen LogP contribution in [-0.4, -0.2) is 33.9 Å². The van der Waals surface area contributed by atoms with Gasteiger partial charge in [-0.05, 0) is 33.1 Å². The van der Waals surface area contributed by atoms with E-state index in [0.29, 0.717) is 6.04 Å². The lowest BCUT2D eigenvalue weighted by atomic mass is 10.1. The smallest absolute Gasteiger partial charge is 0.160 e. The Morgan fingerprint density at radius 2 is 2.30 bits per heavy atom. The summed E-state index contributed by atoms with van der Waals surface area (Å²) in [5, 5.41) is 8.18. The predicted molar refractivity (Wildman–Crippen MR) is 79.3 cm³/mol. The molecule has 0 saturated carbocycles. The van der Waals surface area contributed by atoms with E-state index < -0.39 is 0 Å². The molecule has 108 valence electrons. The van der Waals surface area contributed by atoms with Crippen molar-refractivity contribution < 1.29 is 4.74 Å². The standard InChI is InChI=1S/C15H22N4O/c1-4-12-8-14(16-13-6-5-7-20-9-13)19-15(17-12)10(2)11(3)18-19/h8,13,16H,4-7,9H2,1-3H3/t13-/m1/s1. The number of nitrogens with zero attached hydrogens (tertiary/aromatic N) is 3. The molecule has 3 rings (SSSR count). The van der Waals surface area contributed by atoms with Crippen LogP contribution in [0.15, 0.2) is 6.07 Å². The van der Waals surface area contributed by atoms with Gasteiger partial charge in [0.15, 0.2) is 5.65 Å². The highest BCUT2D eigenvalue weighted by Gasteiger charge is 2.17. The second-order valence-electron chi connectivity index (χ2n) is 5.49. The van der Waals surface area contributed by atoms with Crippen LogP contribution in [0.4, 0.5) is 5.82 Å². The molecule has 1 atom stereocenters. The van der Waals surface area contributed by atoms with Crippen LogP contribution in [0.2, 0.25) is 0 Å². The van der Waals surface area contributed by atoms with E-state index >= 15 is 0 Å². The quantitative estimate of drug-likeness (QED) is 0.934. The maximum Gasteiger partial charge on any atom is 0.160 e. The van der Waals surface area contributed by atoms with Gasteiger partial charge in [0.05, 0.1) is 18.3 Å². The summed E-state index contributed by atoms with van der Waals surface area (Å²) in [5.41, 5.74) is 4.25. The van der Waals surface area contributed by atoms with Gasteiger partial charge in [-0.3, -0.25) is 0 Å². The molecule has 1 saturated heterocycles. The summed E-state index contributed by atoms with van der Waals surface area (Å²) in [5.74, 6) is 1.03. The van der Waals surface area contributed by atoms with Crippen LogP contribution >= 0.6 is 0 Å². The van der Waals surface area contributed by atoms with Crippen LogP contribution in [0, 0.1) is 13.8 Å². The van der Waals surface area contributed by atoms with Gasteiger partial charge in [-0.15, -0.1) is 0 Å². The first-order valence-corrected chi connectivity index (χ1v) is 7.39. The zero-order valence-corrected chi connectivity index (χ0v) is 12.4. The van der Waals surface area contributed by atoms with E-state index in [4.69, 9.17) is 9.72 Å². The van der Waals surface area contributed by atoms with Crippen molar-refractivity contribution in [1.29, 1.82) is 0 Å². The van der Waals surface area contributed by atoms with Crippen molar-refractivity contribution >= 4 is 11.5 Å².